The van der Waals surface area contributed by atoms with Crippen LogP contribution in [0.1, 0.15) is 15.9 Å². The minimum atomic E-state index is 0.0541. The van der Waals surface area contributed by atoms with Crippen molar-refractivity contribution in [1.82, 2.24) is 9.29 Å². The maximum Gasteiger partial charge on any atom is 0.298 e. The van der Waals surface area contributed by atoms with Crippen LogP contribution < -0.4 is 14.1 Å². The van der Waals surface area contributed by atoms with Gasteiger partial charge in [-0.25, -0.2) is 4.31 Å². The molecule has 10 heteroatoms. The lowest BCUT2D eigenvalue weighted by Crippen LogP contribution is -2.43. The summed E-state index contributed by atoms with van der Waals surface area (Å²) in [7, 11) is 1.98. The molecule has 34 heavy (non-hydrogen) atoms. The number of amides is 1. The molecule has 0 radical (unpaired) electrons. The maximum absolute atomic E-state index is 13.5. The molecule has 0 atom stereocenters. The summed E-state index contributed by atoms with van der Waals surface area (Å²) in [5.74, 6) is 0.0541. The first kappa shape index (κ1) is 23.4. The van der Waals surface area contributed by atoms with Gasteiger partial charge in [-0.1, -0.05) is 35.7 Å². The fraction of sp³-hybridized carbons (Fsp3) is 0.333. The Hall–Kier alpha value is -2.33. The Morgan fingerprint density at radius 3 is 2.65 bits per heavy atom. The fourth-order valence-electron chi connectivity index (χ4n) is 4.33. The van der Waals surface area contributed by atoms with E-state index in [2.05, 4.69) is 32.4 Å². The van der Waals surface area contributed by atoms with Gasteiger partial charge in [-0.3, -0.25) is 4.79 Å². The number of halogens is 1. The van der Waals surface area contributed by atoms with E-state index in [1.165, 1.54) is 16.7 Å². The molecule has 2 aliphatic heterocycles. The Bertz CT molecular complexity index is 1180. The Balaban J connectivity index is 1.25. The number of piperazine rings is 1. The van der Waals surface area contributed by atoms with Gasteiger partial charge in [0.1, 0.15) is 6.26 Å². The second-order valence-corrected chi connectivity index (χ2v) is 10.6. The number of anilines is 3. The van der Waals surface area contributed by atoms with Crippen LogP contribution in [0.3, 0.4) is 0 Å². The van der Waals surface area contributed by atoms with Gasteiger partial charge >= 0.3 is 0 Å². The number of hydrogen-bond acceptors (Lipinski definition) is 8. The van der Waals surface area contributed by atoms with Crippen molar-refractivity contribution in [3.05, 3.63) is 65.0 Å². The fourth-order valence-corrected chi connectivity index (χ4v) is 5.77. The zero-order valence-corrected chi connectivity index (χ0v) is 21.5. The molecule has 0 N–H and O–H groups in total. The monoisotopic (exact) mass is 515 g/mol. The Morgan fingerprint density at radius 2 is 1.91 bits per heavy atom. The first-order valence-corrected chi connectivity index (χ1v) is 13.5. The van der Waals surface area contributed by atoms with Gasteiger partial charge in [0.15, 0.2) is 5.15 Å². The average molecular weight is 516 g/mol. The lowest BCUT2D eigenvalue weighted by atomic mass is 10.1. The van der Waals surface area contributed by atoms with Gasteiger partial charge in [-0.15, -0.1) is 0 Å². The lowest BCUT2D eigenvalue weighted by molar-refractivity contribution is 0.0990. The van der Waals surface area contributed by atoms with Crippen LogP contribution in [0.2, 0.25) is 5.15 Å². The molecule has 2 aliphatic rings. The van der Waals surface area contributed by atoms with E-state index in [0.717, 1.165) is 49.5 Å². The van der Waals surface area contributed by atoms with Crippen LogP contribution in [0.15, 0.2) is 58.0 Å². The number of aromatic nitrogens is 1. The quantitative estimate of drug-likeness (QED) is 0.421. The molecule has 1 aromatic heterocycles. The highest BCUT2D eigenvalue weighted by Crippen LogP contribution is 2.36. The Labute approximate surface area is 213 Å². The number of fused-ring (bicyclic) bond motifs is 1. The number of para-hydroxylation sites is 1. The van der Waals surface area contributed by atoms with Crippen molar-refractivity contribution in [1.29, 1.82) is 0 Å². The van der Waals surface area contributed by atoms with Crippen LogP contribution in [0.4, 0.5) is 17.4 Å². The number of rotatable bonds is 6. The summed E-state index contributed by atoms with van der Waals surface area (Å²) in [6.07, 6.45) is 4.35. The molecule has 2 aromatic carbocycles. The highest BCUT2D eigenvalue weighted by molar-refractivity contribution is 7.99. The van der Waals surface area contributed by atoms with Crippen molar-refractivity contribution < 1.29 is 9.21 Å². The molecular formula is C24H26ClN5O2S2. The summed E-state index contributed by atoms with van der Waals surface area (Å²) in [6, 6.07) is 14.8. The van der Waals surface area contributed by atoms with E-state index >= 15 is 0 Å². The van der Waals surface area contributed by atoms with Gasteiger partial charge in [-0.05, 0) is 54.3 Å². The van der Waals surface area contributed by atoms with Crippen molar-refractivity contribution in [2.45, 2.75) is 11.3 Å². The zero-order valence-electron chi connectivity index (χ0n) is 19.1. The molecule has 1 amide bonds. The molecule has 0 spiro atoms. The lowest BCUT2D eigenvalue weighted by Gasteiger charge is -2.32. The predicted octanol–water partition coefficient (Wildman–Crippen LogP) is 5.07. The van der Waals surface area contributed by atoms with E-state index in [9.17, 15) is 4.79 Å². The summed E-state index contributed by atoms with van der Waals surface area (Å²) in [4.78, 5) is 22.9. The van der Waals surface area contributed by atoms with Crippen molar-refractivity contribution in [2.75, 3.05) is 60.1 Å². The van der Waals surface area contributed by atoms with Gasteiger partial charge in [0.05, 0.1) is 11.3 Å². The third-order valence-electron chi connectivity index (χ3n) is 6.15. The standard InChI is InChI=1S/C24H26ClN5O2S2/c1-27(33-2)21-6-4-3-5-19(21)23(31)30-10-9-17-15-18(7-8-20(17)30)34-29-13-11-28(12-14-29)24-26-22(25)16-32-24/h3-8,15-16H,9-14H2,1-2H3. The summed E-state index contributed by atoms with van der Waals surface area (Å²) >= 11 is 9.24. The summed E-state index contributed by atoms with van der Waals surface area (Å²) in [6.45, 7) is 4.16. The van der Waals surface area contributed by atoms with Crippen molar-refractivity contribution in [2.24, 2.45) is 0 Å². The van der Waals surface area contributed by atoms with Crippen LogP contribution >= 0.6 is 35.5 Å². The van der Waals surface area contributed by atoms with Crippen molar-refractivity contribution in [3.8, 4) is 0 Å². The van der Waals surface area contributed by atoms with Crippen molar-refractivity contribution in [3.63, 3.8) is 0 Å². The number of hydrogen-bond donors (Lipinski definition) is 0. The third-order valence-corrected chi connectivity index (χ3v) is 8.15. The molecule has 5 rings (SSSR count). The van der Waals surface area contributed by atoms with Gasteiger partial charge in [0.2, 0.25) is 0 Å². The molecule has 178 valence electrons. The first-order chi connectivity index (χ1) is 16.5. The normalized spacial score (nSPS) is 16.1. The number of benzene rings is 2. The Kier molecular flexibility index (Phi) is 6.96. The van der Waals surface area contributed by atoms with Crippen molar-refractivity contribution >= 4 is 58.8 Å². The third kappa shape index (κ3) is 4.75. The van der Waals surface area contributed by atoms with Gasteiger partial charge in [0, 0.05) is 56.6 Å². The molecule has 1 fully saturated rings. The highest BCUT2D eigenvalue weighted by Gasteiger charge is 2.28. The predicted molar refractivity (Wildman–Crippen MR) is 141 cm³/mol. The number of oxazole rings is 1. The average Bonchev–Trinajstić information content (AvgIpc) is 3.49. The molecule has 0 saturated carbocycles. The molecule has 3 aromatic rings. The second kappa shape index (κ2) is 10.1. The number of carbonyl (C=O) groups excluding carboxylic acids is 1. The summed E-state index contributed by atoms with van der Waals surface area (Å²) in [5.41, 5.74) is 3.91. The minimum absolute atomic E-state index is 0.0541. The van der Waals surface area contributed by atoms with E-state index in [0.29, 0.717) is 17.7 Å². The summed E-state index contributed by atoms with van der Waals surface area (Å²) < 4.78 is 9.80. The van der Waals surface area contributed by atoms with Crippen LogP contribution in [0.25, 0.3) is 0 Å². The smallest absolute Gasteiger partial charge is 0.298 e. The molecule has 0 bridgehead atoms. The molecule has 3 heterocycles. The van der Waals surface area contributed by atoms with Gasteiger partial charge in [0.25, 0.3) is 11.9 Å². The summed E-state index contributed by atoms with van der Waals surface area (Å²) in [5, 5.41) is 0.386. The molecule has 7 nitrogen and oxygen atoms in total. The van der Waals surface area contributed by atoms with E-state index in [4.69, 9.17) is 16.0 Å². The highest BCUT2D eigenvalue weighted by atomic mass is 35.5. The Morgan fingerprint density at radius 1 is 1.12 bits per heavy atom. The SMILES string of the molecule is CSN(C)c1ccccc1C(=O)N1CCc2cc(SN3CCN(c4nc(Cl)co4)CC3)ccc21. The van der Waals surface area contributed by atoms with Crippen LogP contribution in [0.5, 0.6) is 0 Å². The van der Waals surface area contributed by atoms with Crippen LogP contribution in [0, 0.1) is 0 Å². The van der Waals surface area contributed by atoms with Crippen LogP contribution in [-0.4, -0.2) is 61.2 Å². The minimum Gasteiger partial charge on any atom is -0.430 e. The van der Waals surface area contributed by atoms with E-state index in [1.54, 1.807) is 23.9 Å². The largest absolute Gasteiger partial charge is 0.430 e. The zero-order chi connectivity index (χ0) is 23.7. The van der Waals surface area contributed by atoms with Gasteiger partial charge in [-0.2, -0.15) is 4.98 Å². The number of nitrogens with zero attached hydrogens (tertiary/aromatic N) is 5. The van der Waals surface area contributed by atoms with Crippen LogP contribution in [-0.2, 0) is 6.42 Å². The number of carbonyl (C=O) groups is 1. The molecule has 0 aliphatic carbocycles. The first-order valence-electron chi connectivity index (χ1n) is 11.1. The maximum atomic E-state index is 13.5. The van der Waals surface area contributed by atoms with Gasteiger partial charge < -0.3 is 18.5 Å². The topological polar surface area (TPSA) is 56.1 Å². The van der Waals surface area contributed by atoms with E-state index in [-0.39, 0.29) is 5.91 Å². The second-order valence-electron chi connectivity index (χ2n) is 8.15. The molecule has 0 unspecified atom stereocenters. The molecular weight excluding hydrogens is 490 g/mol. The van der Waals surface area contributed by atoms with E-state index < -0.39 is 0 Å². The molecule has 1 saturated heterocycles. The van der Waals surface area contributed by atoms with E-state index in [1.807, 2.05) is 46.8 Å².